The van der Waals surface area contributed by atoms with Crippen LogP contribution in [0.1, 0.15) is 50.3 Å². The number of hydrogen-bond acceptors (Lipinski definition) is 3. The molecule has 3 rings (SSSR count). The van der Waals surface area contributed by atoms with Gasteiger partial charge in [-0.25, -0.2) is 4.79 Å². The molecule has 0 bridgehead atoms. The van der Waals surface area contributed by atoms with E-state index in [-0.39, 0.29) is 30.6 Å². The lowest BCUT2D eigenvalue weighted by molar-refractivity contribution is 0.0337. The number of fused-ring (bicyclic) bond motifs is 1. The normalized spacial score (nSPS) is 22.7. The van der Waals surface area contributed by atoms with E-state index < -0.39 is 6.10 Å². The van der Waals surface area contributed by atoms with E-state index in [0.29, 0.717) is 5.92 Å². The summed E-state index contributed by atoms with van der Waals surface area (Å²) >= 11 is 0. The van der Waals surface area contributed by atoms with Gasteiger partial charge in [0, 0.05) is 13.2 Å². The molecular formula is C19H28N2O3. The van der Waals surface area contributed by atoms with E-state index in [2.05, 4.69) is 36.6 Å². The molecule has 2 amide bonds. The van der Waals surface area contributed by atoms with Gasteiger partial charge in [-0.3, -0.25) is 0 Å². The van der Waals surface area contributed by atoms with Crippen molar-refractivity contribution in [2.75, 3.05) is 19.8 Å². The molecule has 5 heteroatoms. The molecule has 0 heterocycles. The largest absolute Gasteiger partial charge is 0.389 e. The number of urea groups is 1. The van der Waals surface area contributed by atoms with Crippen molar-refractivity contribution in [1.29, 1.82) is 0 Å². The van der Waals surface area contributed by atoms with Crippen LogP contribution in [-0.2, 0) is 10.2 Å². The predicted molar refractivity (Wildman–Crippen MR) is 92.9 cm³/mol. The summed E-state index contributed by atoms with van der Waals surface area (Å²) in [6.07, 6.45) is 2.68. The average Bonchev–Trinajstić information content (AvgIpc) is 3.32. The fourth-order valence-electron chi connectivity index (χ4n) is 3.41. The molecule has 2 atom stereocenters. The Morgan fingerprint density at radius 2 is 2.12 bits per heavy atom. The van der Waals surface area contributed by atoms with Crippen LogP contribution in [0.3, 0.4) is 0 Å². The first-order valence-electron chi connectivity index (χ1n) is 8.85. The van der Waals surface area contributed by atoms with Gasteiger partial charge in [-0.1, -0.05) is 38.1 Å². The summed E-state index contributed by atoms with van der Waals surface area (Å²) in [6, 6.07) is 8.04. The van der Waals surface area contributed by atoms with Crippen molar-refractivity contribution < 1.29 is 14.6 Å². The molecule has 1 saturated carbocycles. The third kappa shape index (κ3) is 4.28. The van der Waals surface area contributed by atoms with Gasteiger partial charge in [-0.15, -0.1) is 0 Å². The van der Waals surface area contributed by atoms with Crippen LogP contribution >= 0.6 is 0 Å². The highest BCUT2D eigenvalue weighted by Crippen LogP contribution is 2.44. The molecule has 0 spiro atoms. The van der Waals surface area contributed by atoms with Crippen molar-refractivity contribution in [1.82, 2.24) is 10.6 Å². The highest BCUT2D eigenvalue weighted by Gasteiger charge is 2.37. The number of benzene rings is 1. The second-order valence-electron chi connectivity index (χ2n) is 7.72. The van der Waals surface area contributed by atoms with E-state index in [0.717, 1.165) is 13.0 Å². The third-order valence-corrected chi connectivity index (χ3v) is 4.94. The summed E-state index contributed by atoms with van der Waals surface area (Å²) in [6.45, 7) is 5.60. The van der Waals surface area contributed by atoms with Crippen LogP contribution in [0.5, 0.6) is 0 Å². The van der Waals surface area contributed by atoms with Crippen molar-refractivity contribution in [3.05, 3.63) is 35.4 Å². The Kier molecular flexibility index (Phi) is 5.11. The van der Waals surface area contributed by atoms with E-state index in [1.807, 2.05) is 12.1 Å². The van der Waals surface area contributed by atoms with Gasteiger partial charge in [-0.2, -0.15) is 0 Å². The molecule has 3 N–H and O–H groups in total. The van der Waals surface area contributed by atoms with Gasteiger partial charge in [0.2, 0.25) is 0 Å². The van der Waals surface area contributed by atoms with Crippen LogP contribution < -0.4 is 10.6 Å². The molecule has 5 nitrogen and oxygen atoms in total. The zero-order valence-electron chi connectivity index (χ0n) is 14.5. The second kappa shape index (κ2) is 7.11. The van der Waals surface area contributed by atoms with Crippen LogP contribution in [0.25, 0.3) is 0 Å². The summed E-state index contributed by atoms with van der Waals surface area (Å²) in [4.78, 5) is 12.1. The van der Waals surface area contributed by atoms with Gasteiger partial charge < -0.3 is 20.5 Å². The summed E-state index contributed by atoms with van der Waals surface area (Å²) in [5, 5.41) is 15.6. The maximum Gasteiger partial charge on any atom is 0.315 e. The zero-order chi connectivity index (χ0) is 17.2. The van der Waals surface area contributed by atoms with E-state index >= 15 is 0 Å². The molecule has 1 fully saturated rings. The Balaban J connectivity index is 1.43. The predicted octanol–water partition coefficient (Wildman–Crippen LogP) is 2.50. The third-order valence-electron chi connectivity index (χ3n) is 4.94. The van der Waals surface area contributed by atoms with Gasteiger partial charge >= 0.3 is 6.03 Å². The van der Waals surface area contributed by atoms with Crippen LogP contribution in [-0.4, -0.2) is 37.0 Å². The lowest BCUT2D eigenvalue weighted by atomic mass is 9.86. The monoisotopic (exact) mass is 332 g/mol. The maximum absolute atomic E-state index is 12.1. The standard InChI is InChI=1S/C19H28N2O3/c1-19(2)9-17(15-5-3-4-6-16(15)19)21-18(23)20-10-14(22)12-24-11-13-7-8-13/h3-6,13-14,17,22H,7-12H2,1-2H3,(H2,20,21,23). The molecule has 0 aliphatic heterocycles. The van der Waals surface area contributed by atoms with E-state index in [4.69, 9.17) is 4.74 Å². The van der Waals surface area contributed by atoms with Crippen molar-refractivity contribution in [3.63, 3.8) is 0 Å². The molecule has 0 aromatic heterocycles. The Labute approximate surface area is 143 Å². The highest BCUT2D eigenvalue weighted by molar-refractivity contribution is 5.74. The number of hydrogen-bond donors (Lipinski definition) is 3. The molecule has 0 radical (unpaired) electrons. The average molecular weight is 332 g/mol. The molecular weight excluding hydrogens is 304 g/mol. The van der Waals surface area contributed by atoms with E-state index in [9.17, 15) is 9.90 Å². The number of carbonyl (C=O) groups excluding carboxylic acids is 1. The first-order chi connectivity index (χ1) is 11.5. The number of rotatable bonds is 7. The van der Waals surface area contributed by atoms with Gasteiger partial charge in [0.1, 0.15) is 0 Å². The number of carbonyl (C=O) groups is 1. The fraction of sp³-hybridized carbons (Fsp3) is 0.632. The topological polar surface area (TPSA) is 70.6 Å². The van der Waals surface area contributed by atoms with Crippen LogP contribution in [0.2, 0.25) is 0 Å². The summed E-state index contributed by atoms with van der Waals surface area (Å²) in [7, 11) is 0. The van der Waals surface area contributed by atoms with Crippen LogP contribution in [0.4, 0.5) is 4.79 Å². The number of aliphatic hydroxyl groups is 1. The first kappa shape index (κ1) is 17.2. The maximum atomic E-state index is 12.1. The number of nitrogens with one attached hydrogen (secondary N) is 2. The smallest absolute Gasteiger partial charge is 0.315 e. The van der Waals surface area contributed by atoms with Crippen molar-refractivity contribution in [2.24, 2.45) is 5.92 Å². The lowest BCUT2D eigenvalue weighted by Crippen LogP contribution is -2.42. The number of ether oxygens (including phenoxy) is 1. The highest BCUT2D eigenvalue weighted by atomic mass is 16.5. The Morgan fingerprint density at radius 3 is 2.88 bits per heavy atom. The van der Waals surface area contributed by atoms with Crippen molar-refractivity contribution >= 4 is 6.03 Å². The summed E-state index contributed by atoms with van der Waals surface area (Å²) in [5.41, 5.74) is 2.54. The Morgan fingerprint density at radius 1 is 1.38 bits per heavy atom. The minimum atomic E-state index is -0.665. The number of aliphatic hydroxyl groups excluding tert-OH is 1. The van der Waals surface area contributed by atoms with Gasteiger partial charge in [0.15, 0.2) is 0 Å². The molecule has 24 heavy (non-hydrogen) atoms. The first-order valence-corrected chi connectivity index (χ1v) is 8.85. The Bertz CT molecular complexity index is 584. The quantitative estimate of drug-likeness (QED) is 0.718. The summed E-state index contributed by atoms with van der Waals surface area (Å²) < 4.78 is 5.44. The van der Waals surface area contributed by atoms with E-state index in [1.54, 1.807) is 0 Å². The van der Waals surface area contributed by atoms with Crippen LogP contribution in [0, 0.1) is 5.92 Å². The van der Waals surface area contributed by atoms with E-state index in [1.165, 1.54) is 24.0 Å². The minimum Gasteiger partial charge on any atom is -0.389 e. The van der Waals surface area contributed by atoms with Gasteiger partial charge in [0.25, 0.3) is 0 Å². The molecule has 132 valence electrons. The molecule has 2 aliphatic rings. The molecule has 1 aromatic rings. The molecule has 1 aromatic carbocycles. The second-order valence-corrected chi connectivity index (χ2v) is 7.72. The molecule has 2 aliphatic carbocycles. The molecule has 0 saturated heterocycles. The minimum absolute atomic E-state index is 0.0134. The zero-order valence-corrected chi connectivity index (χ0v) is 14.5. The summed E-state index contributed by atoms with van der Waals surface area (Å²) in [5.74, 6) is 0.680. The van der Waals surface area contributed by atoms with Gasteiger partial charge in [-0.05, 0) is 41.7 Å². The Hall–Kier alpha value is -1.59. The number of amides is 2. The SMILES string of the molecule is CC1(C)CC(NC(=O)NCC(O)COCC2CC2)c2ccccc21. The fourth-order valence-corrected chi connectivity index (χ4v) is 3.41. The van der Waals surface area contributed by atoms with Gasteiger partial charge in [0.05, 0.1) is 18.8 Å². The lowest BCUT2D eigenvalue weighted by Gasteiger charge is -2.20. The van der Waals surface area contributed by atoms with Crippen molar-refractivity contribution in [3.8, 4) is 0 Å². The van der Waals surface area contributed by atoms with Crippen LogP contribution in [0.15, 0.2) is 24.3 Å². The molecule has 2 unspecified atom stereocenters. The van der Waals surface area contributed by atoms with Crippen molar-refractivity contribution in [2.45, 2.75) is 50.7 Å².